The molecule has 0 unspecified atom stereocenters. The molecule has 61 heavy (non-hydrogen) atoms. The highest BCUT2D eigenvalue weighted by Crippen LogP contribution is 2.38. The van der Waals surface area contributed by atoms with Gasteiger partial charge in [0.25, 0.3) is 0 Å². The maximum atomic E-state index is 5.45. The van der Waals surface area contributed by atoms with Crippen LogP contribution in [0.4, 0.5) is 0 Å². The van der Waals surface area contributed by atoms with Crippen LogP contribution in [0, 0.1) is 47.4 Å². The number of nitrogens with one attached hydrogen (secondary N) is 2. The van der Waals surface area contributed by atoms with Crippen LogP contribution < -0.4 is 0 Å². The van der Waals surface area contributed by atoms with Crippen LogP contribution in [0.15, 0.2) is 121 Å². The van der Waals surface area contributed by atoms with Crippen molar-refractivity contribution < 1.29 is 0 Å². The number of fused-ring (bicyclic) bond motifs is 8. The van der Waals surface area contributed by atoms with E-state index in [2.05, 4.69) is 210 Å². The lowest BCUT2D eigenvalue weighted by atomic mass is 10.0. The summed E-state index contributed by atoms with van der Waals surface area (Å²) in [5.41, 5.74) is 19.0. The first-order valence-corrected chi connectivity index (χ1v) is 20.4. The Labute approximate surface area is 357 Å². The van der Waals surface area contributed by atoms with Crippen LogP contribution in [-0.2, 0) is 0 Å². The quantitative estimate of drug-likeness (QED) is 0.175. The molecule has 4 aromatic carbocycles. The van der Waals surface area contributed by atoms with Crippen molar-refractivity contribution in [1.29, 1.82) is 0 Å². The fourth-order valence-electron chi connectivity index (χ4n) is 7.92. The average Bonchev–Trinajstić information content (AvgIpc) is 4.14. The second-order valence-corrected chi connectivity index (χ2v) is 14.6. The highest BCUT2D eigenvalue weighted by atomic mass is 14.8. The van der Waals surface area contributed by atoms with E-state index in [1.165, 1.54) is 0 Å². The van der Waals surface area contributed by atoms with E-state index in [1.54, 1.807) is 0 Å². The minimum atomic E-state index is 0.800. The minimum Gasteiger partial charge on any atom is -0.354 e. The predicted molar refractivity (Wildman–Crippen MR) is 255 cm³/mol. The zero-order valence-corrected chi connectivity index (χ0v) is 34.5. The summed E-state index contributed by atoms with van der Waals surface area (Å²) in [6, 6.07) is 42.2. The molecule has 2 aliphatic heterocycles. The highest BCUT2D eigenvalue weighted by molar-refractivity contribution is 6.00. The van der Waals surface area contributed by atoms with Crippen LogP contribution in [0.25, 0.3) is 90.9 Å². The van der Waals surface area contributed by atoms with Crippen LogP contribution in [-0.4, -0.2) is 19.9 Å². The van der Waals surface area contributed by atoms with E-state index >= 15 is 0 Å². The third-order valence-corrected chi connectivity index (χ3v) is 10.7. The zero-order chi connectivity index (χ0) is 41.7. The first-order chi connectivity index (χ1) is 30.0. The van der Waals surface area contributed by atoms with Crippen molar-refractivity contribution in [3.8, 4) is 91.9 Å². The molecule has 9 rings (SSSR count). The second-order valence-electron chi connectivity index (χ2n) is 14.6. The van der Waals surface area contributed by atoms with Gasteiger partial charge in [0.15, 0.2) is 0 Å². The van der Waals surface area contributed by atoms with Crippen molar-refractivity contribution in [2.45, 2.75) is 34.1 Å². The Hall–Kier alpha value is -8.28. The molecule has 4 nitrogen and oxygen atoms in total. The molecule has 288 valence electrons. The zero-order valence-electron chi connectivity index (χ0n) is 34.5. The normalized spacial score (nSPS) is 11.0. The van der Waals surface area contributed by atoms with Crippen molar-refractivity contribution >= 4 is 46.4 Å². The van der Waals surface area contributed by atoms with Crippen LogP contribution in [0.3, 0.4) is 0 Å². The maximum Gasteiger partial charge on any atom is 0.0737 e. The number of aromatic nitrogens is 4. The van der Waals surface area contributed by atoms with Crippen molar-refractivity contribution in [3.05, 3.63) is 166 Å². The van der Waals surface area contributed by atoms with Crippen molar-refractivity contribution in [3.63, 3.8) is 0 Å². The molecular weight excluding hydrogens is 741 g/mol. The van der Waals surface area contributed by atoms with Gasteiger partial charge in [0.05, 0.1) is 22.8 Å². The number of H-pyrrole nitrogens is 2. The highest BCUT2D eigenvalue weighted by Gasteiger charge is 2.19. The molecule has 4 heteroatoms. The Morgan fingerprint density at radius 3 is 0.869 bits per heavy atom. The summed E-state index contributed by atoms with van der Waals surface area (Å²) >= 11 is 0. The SMILES string of the molecule is CC#Cc1ccc(-c2c3nc(c(-c4ccc(C#CC)cc4)c4ccc([nH]4)c(-c4ccc(C#CCC)cc4)c4nc(c(-c5ccc(C#CC)cc5)c5ccc2[nH]5)C=C4)C=C3)cc1. The summed E-state index contributed by atoms with van der Waals surface area (Å²) in [6.07, 6.45) is 9.28. The van der Waals surface area contributed by atoms with Gasteiger partial charge >= 0.3 is 0 Å². The largest absolute Gasteiger partial charge is 0.354 e. The lowest BCUT2D eigenvalue weighted by Gasteiger charge is -2.07. The lowest BCUT2D eigenvalue weighted by Crippen LogP contribution is -1.90. The smallest absolute Gasteiger partial charge is 0.0737 e. The molecule has 2 N–H and O–H groups in total. The van der Waals surface area contributed by atoms with Gasteiger partial charge in [-0.05, 0) is 140 Å². The van der Waals surface area contributed by atoms with Gasteiger partial charge < -0.3 is 9.97 Å². The van der Waals surface area contributed by atoms with E-state index < -0.39 is 0 Å². The van der Waals surface area contributed by atoms with Gasteiger partial charge in [0.1, 0.15) is 0 Å². The Morgan fingerprint density at radius 1 is 0.361 bits per heavy atom. The molecule has 0 saturated heterocycles. The van der Waals surface area contributed by atoms with Crippen molar-refractivity contribution in [1.82, 2.24) is 19.9 Å². The predicted octanol–water partition coefficient (Wildman–Crippen LogP) is 13.2. The molecule has 0 spiro atoms. The molecule has 8 bridgehead atoms. The Bertz CT molecular complexity index is 3280. The molecule has 0 atom stereocenters. The number of benzene rings is 4. The first-order valence-electron chi connectivity index (χ1n) is 20.4. The van der Waals surface area contributed by atoms with Crippen LogP contribution in [0.5, 0.6) is 0 Å². The molecule has 2 aliphatic rings. The molecular formula is C57H40N4. The van der Waals surface area contributed by atoms with E-state index in [9.17, 15) is 0 Å². The molecule has 3 aromatic heterocycles. The third kappa shape index (κ3) is 7.72. The second kappa shape index (κ2) is 16.9. The molecule has 0 fully saturated rings. The van der Waals surface area contributed by atoms with E-state index in [-0.39, 0.29) is 0 Å². The van der Waals surface area contributed by atoms with Crippen LogP contribution in [0.1, 0.15) is 79.1 Å². The number of nitrogens with zero attached hydrogens (tertiary/aromatic N) is 2. The summed E-state index contributed by atoms with van der Waals surface area (Å²) in [4.78, 5) is 18.6. The third-order valence-electron chi connectivity index (χ3n) is 10.7. The number of hydrogen-bond acceptors (Lipinski definition) is 2. The monoisotopic (exact) mass is 780 g/mol. The molecule has 0 radical (unpaired) electrons. The number of hydrogen-bond donors (Lipinski definition) is 2. The molecule has 7 aromatic rings. The fraction of sp³-hybridized carbons (Fsp3) is 0.0877. The summed E-state index contributed by atoms with van der Waals surface area (Å²) in [5, 5.41) is 0. The van der Waals surface area contributed by atoms with Crippen LogP contribution in [0.2, 0.25) is 0 Å². The minimum absolute atomic E-state index is 0.800. The summed E-state index contributed by atoms with van der Waals surface area (Å²) in [6.45, 7) is 7.64. The molecule has 0 amide bonds. The van der Waals surface area contributed by atoms with Gasteiger partial charge in [-0.2, -0.15) is 0 Å². The van der Waals surface area contributed by atoms with E-state index in [4.69, 9.17) is 9.97 Å². The number of rotatable bonds is 4. The van der Waals surface area contributed by atoms with E-state index in [0.717, 1.165) is 118 Å². The Balaban J connectivity index is 1.42. The summed E-state index contributed by atoms with van der Waals surface area (Å²) < 4.78 is 0. The average molecular weight is 781 g/mol. The summed E-state index contributed by atoms with van der Waals surface area (Å²) in [5.74, 6) is 25.1. The van der Waals surface area contributed by atoms with Gasteiger partial charge in [-0.15, -0.1) is 17.8 Å². The first kappa shape index (κ1) is 38.2. The topological polar surface area (TPSA) is 57.4 Å². The molecule has 0 saturated carbocycles. The van der Waals surface area contributed by atoms with Gasteiger partial charge in [-0.3, -0.25) is 0 Å². The van der Waals surface area contributed by atoms with E-state index in [0.29, 0.717) is 0 Å². The standard InChI is InChI=1S/C57H40N4/c1-5-9-13-41-20-28-45(29-21-41)57-52-36-34-50(60-52)55(43-24-16-39(11-7-3)17-25-43)48-32-30-46(58-48)54(42-22-14-38(10-6-2)15-23-42)47-31-33-49(59-47)56(51-35-37-53(57)61-51)44-26-18-40(12-8-4)19-27-44/h14-37,58,61H,5H2,1-4H3. The maximum absolute atomic E-state index is 5.45. The Kier molecular flexibility index (Phi) is 10.6. The van der Waals surface area contributed by atoms with Crippen molar-refractivity contribution in [2.75, 3.05) is 0 Å². The van der Waals surface area contributed by atoms with E-state index in [1.807, 2.05) is 20.8 Å². The van der Waals surface area contributed by atoms with Gasteiger partial charge in [0, 0.05) is 73.0 Å². The van der Waals surface area contributed by atoms with Gasteiger partial charge in [-0.25, -0.2) is 9.97 Å². The fourth-order valence-corrected chi connectivity index (χ4v) is 7.92. The lowest BCUT2D eigenvalue weighted by molar-refractivity contribution is 1.28. The van der Waals surface area contributed by atoms with Gasteiger partial charge in [-0.1, -0.05) is 85.1 Å². The van der Waals surface area contributed by atoms with Crippen LogP contribution >= 0.6 is 0 Å². The van der Waals surface area contributed by atoms with Gasteiger partial charge in [0.2, 0.25) is 0 Å². The summed E-state index contributed by atoms with van der Waals surface area (Å²) in [7, 11) is 0. The Morgan fingerprint density at radius 2 is 0.623 bits per heavy atom. The number of aromatic amines is 2. The molecule has 5 heterocycles. The van der Waals surface area contributed by atoms with Crippen molar-refractivity contribution in [2.24, 2.45) is 0 Å². The molecule has 0 aliphatic carbocycles.